The van der Waals surface area contributed by atoms with Crippen molar-refractivity contribution in [2.75, 3.05) is 32.8 Å². The third-order valence-electron chi connectivity index (χ3n) is 2.92. The minimum atomic E-state index is 0.0599. The van der Waals surface area contributed by atoms with Crippen LogP contribution in [0, 0.1) is 11.8 Å². The summed E-state index contributed by atoms with van der Waals surface area (Å²) >= 11 is 0. The van der Waals surface area contributed by atoms with Gasteiger partial charge < -0.3 is 15.0 Å². The largest absolute Gasteiger partial charge is 0.379 e. The lowest BCUT2D eigenvalue weighted by molar-refractivity contribution is 0.109. The molecule has 1 unspecified atom stereocenters. The van der Waals surface area contributed by atoms with E-state index < -0.39 is 0 Å². The molecule has 1 heterocycles. The lowest BCUT2D eigenvalue weighted by Gasteiger charge is -2.30. The monoisotopic (exact) mass is 242 g/mol. The fourth-order valence-electron chi connectivity index (χ4n) is 2.03. The summed E-state index contributed by atoms with van der Waals surface area (Å²) < 4.78 is 5.42. The first-order valence-electron chi connectivity index (χ1n) is 6.70. The lowest BCUT2D eigenvalue weighted by atomic mass is 10.0. The number of nitrogens with zero attached hydrogens (tertiary/aromatic N) is 1. The molecule has 1 atom stereocenters. The van der Waals surface area contributed by atoms with Crippen LogP contribution in [0.2, 0.25) is 0 Å². The number of urea groups is 1. The van der Waals surface area contributed by atoms with Gasteiger partial charge in [-0.2, -0.15) is 0 Å². The molecule has 1 N–H and O–H groups in total. The van der Waals surface area contributed by atoms with Crippen LogP contribution in [0.3, 0.4) is 0 Å². The van der Waals surface area contributed by atoms with Crippen molar-refractivity contribution >= 4 is 6.03 Å². The summed E-state index contributed by atoms with van der Waals surface area (Å²) in [5.41, 5.74) is 0. The predicted octanol–water partition coefficient (Wildman–Crippen LogP) is 2.10. The zero-order valence-corrected chi connectivity index (χ0v) is 11.4. The van der Waals surface area contributed by atoms with Gasteiger partial charge >= 0.3 is 6.03 Å². The fraction of sp³-hybridized carbons (Fsp3) is 0.923. The molecule has 1 aliphatic rings. The van der Waals surface area contributed by atoms with Gasteiger partial charge in [-0.3, -0.25) is 0 Å². The average molecular weight is 242 g/mol. The van der Waals surface area contributed by atoms with Crippen molar-refractivity contribution in [3.05, 3.63) is 0 Å². The molecule has 0 aromatic carbocycles. The van der Waals surface area contributed by atoms with Gasteiger partial charge in [-0.05, 0) is 24.7 Å². The number of carbonyl (C=O) groups is 1. The van der Waals surface area contributed by atoms with E-state index in [2.05, 4.69) is 26.1 Å². The van der Waals surface area contributed by atoms with Crippen molar-refractivity contribution in [2.24, 2.45) is 11.8 Å². The van der Waals surface area contributed by atoms with Crippen LogP contribution in [-0.2, 0) is 4.74 Å². The highest BCUT2D eigenvalue weighted by Crippen LogP contribution is 2.14. The smallest absolute Gasteiger partial charge is 0.317 e. The van der Waals surface area contributed by atoms with E-state index in [1.165, 1.54) is 6.42 Å². The quantitative estimate of drug-likeness (QED) is 0.750. The second-order valence-corrected chi connectivity index (χ2v) is 5.39. The zero-order valence-electron chi connectivity index (χ0n) is 11.4. The molecule has 0 aromatic rings. The molecule has 17 heavy (non-hydrogen) atoms. The molecule has 0 radical (unpaired) electrons. The SMILES string of the molecule is CC(C)COCCNC(=O)N1CCCC(C)C1. The topological polar surface area (TPSA) is 41.6 Å². The van der Waals surface area contributed by atoms with Gasteiger partial charge in [0.05, 0.1) is 6.61 Å². The average Bonchev–Trinajstić information content (AvgIpc) is 2.28. The molecule has 0 aromatic heterocycles. The molecule has 0 saturated carbocycles. The third-order valence-corrected chi connectivity index (χ3v) is 2.92. The van der Waals surface area contributed by atoms with Crippen LogP contribution in [0.15, 0.2) is 0 Å². The number of ether oxygens (including phenoxy) is 1. The van der Waals surface area contributed by atoms with Crippen LogP contribution in [0.25, 0.3) is 0 Å². The minimum absolute atomic E-state index is 0.0599. The van der Waals surface area contributed by atoms with E-state index in [0.29, 0.717) is 25.0 Å². The van der Waals surface area contributed by atoms with Gasteiger partial charge in [-0.25, -0.2) is 4.79 Å². The maximum atomic E-state index is 11.8. The minimum Gasteiger partial charge on any atom is -0.379 e. The van der Waals surface area contributed by atoms with Gasteiger partial charge in [0.25, 0.3) is 0 Å². The maximum absolute atomic E-state index is 11.8. The Hall–Kier alpha value is -0.770. The number of hydrogen-bond acceptors (Lipinski definition) is 2. The number of carbonyl (C=O) groups excluding carboxylic acids is 1. The first-order chi connectivity index (χ1) is 8.09. The number of rotatable bonds is 5. The van der Waals surface area contributed by atoms with Crippen LogP contribution >= 0.6 is 0 Å². The van der Waals surface area contributed by atoms with Crippen LogP contribution in [0.1, 0.15) is 33.6 Å². The number of piperidine rings is 1. The Morgan fingerprint density at radius 3 is 2.94 bits per heavy atom. The second kappa shape index (κ2) is 7.54. The van der Waals surface area contributed by atoms with E-state index >= 15 is 0 Å². The summed E-state index contributed by atoms with van der Waals surface area (Å²) in [6.45, 7) is 10.2. The van der Waals surface area contributed by atoms with E-state index in [-0.39, 0.29) is 6.03 Å². The van der Waals surface area contributed by atoms with E-state index in [1.54, 1.807) is 0 Å². The lowest BCUT2D eigenvalue weighted by Crippen LogP contribution is -2.45. The normalized spacial score (nSPS) is 20.7. The Balaban J connectivity index is 2.08. The maximum Gasteiger partial charge on any atom is 0.317 e. The van der Waals surface area contributed by atoms with Crippen LogP contribution in [-0.4, -0.2) is 43.8 Å². The molecule has 2 amide bonds. The van der Waals surface area contributed by atoms with Crippen molar-refractivity contribution in [1.29, 1.82) is 0 Å². The fourth-order valence-corrected chi connectivity index (χ4v) is 2.03. The highest BCUT2D eigenvalue weighted by Gasteiger charge is 2.20. The first kappa shape index (κ1) is 14.3. The van der Waals surface area contributed by atoms with E-state index in [4.69, 9.17) is 4.74 Å². The highest BCUT2D eigenvalue weighted by atomic mass is 16.5. The standard InChI is InChI=1S/C13H26N2O2/c1-11(2)10-17-8-6-14-13(16)15-7-4-5-12(3)9-15/h11-12H,4-10H2,1-3H3,(H,14,16). The number of nitrogens with one attached hydrogen (secondary N) is 1. The second-order valence-electron chi connectivity index (χ2n) is 5.39. The summed E-state index contributed by atoms with van der Waals surface area (Å²) in [6, 6.07) is 0.0599. The molecule has 100 valence electrons. The van der Waals surface area contributed by atoms with Crippen molar-refractivity contribution in [3.8, 4) is 0 Å². The Kier molecular flexibility index (Phi) is 6.34. The molecule has 0 bridgehead atoms. The molecule has 0 spiro atoms. The third kappa shape index (κ3) is 5.91. The summed E-state index contributed by atoms with van der Waals surface area (Å²) in [5, 5.41) is 2.91. The van der Waals surface area contributed by atoms with Gasteiger partial charge in [-0.1, -0.05) is 20.8 Å². The summed E-state index contributed by atoms with van der Waals surface area (Å²) in [6.07, 6.45) is 2.36. The van der Waals surface area contributed by atoms with E-state index in [1.807, 2.05) is 4.90 Å². The Bertz CT molecular complexity index is 231. The van der Waals surface area contributed by atoms with Crippen molar-refractivity contribution in [2.45, 2.75) is 33.6 Å². The first-order valence-corrected chi connectivity index (χ1v) is 6.70. The van der Waals surface area contributed by atoms with Crippen molar-refractivity contribution in [1.82, 2.24) is 10.2 Å². The highest BCUT2D eigenvalue weighted by molar-refractivity contribution is 5.74. The van der Waals surface area contributed by atoms with Crippen molar-refractivity contribution < 1.29 is 9.53 Å². The molecule has 1 saturated heterocycles. The predicted molar refractivity (Wildman–Crippen MR) is 69.0 cm³/mol. The zero-order chi connectivity index (χ0) is 12.7. The molecule has 1 rings (SSSR count). The number of likely N-dealkylation sites (tertiary alicyclic amines) is 1. The number of hydrogen-bond donors (Lipinski definition) is 1. The molecular formula is C13H26N2O2. The van der Waals surface area contributed by atoms with E-state index in [9.17, 15) is 4.79 Å². The van der Waals surface area contributed by atoms with Crippen LogP contribution < -0.4 is 5.32 Å². The number of amides is 2. The van der Waals surface area contributed by atoms with Gasteiger partial charge in [0.15, 0.2) is 0 Å². The molecular weight excluding hydrogens is 216 g/mol. The Morgan fingerprint density at radius 1 is 1.53 bits per heavy atom. The summed E-state index contributed by atoms with van der Waals surface area (Å²) in [4.78, 5) is 13.7. The molecule has 0 aliphatic carbocycles. The molecule has 1 aliphatic heterocycles. The van der Waals surface area contributed by atoms with Crippen LogP contribution in [0.5, 0.6) is 0 Å². The van der Waals surface area contributed by atoms with Gasteiger partial charge in [0.1, 0.15) is 0 Å². The van der Waals surface area contributed by atoms with Crippen LogP contribution in [0.4, 0.5) is 4.79 Å². The van der Waals surface area contributed by atoms with Gasteiger partial charge in [-0.15, -0.1) is 0 Å². The Labute approximate surface area is 105 Å². The van der Waals surface area contributed by atoms with E-state index in [0.717, 1.165) is 26.1 Å². The van der Waals surface area contributed by atoms with Gasteiger partial charge in [0, 0.05) is 26.2 Å². The molecule has 4 heteroatoms. The van der Waals surface area contributed by atoms with Gasteiger partial charge in [0.2, 0.25) is 0 Å². The molecule has 4 nitrogen and oxygen atoms in total. The molecule has 1 fully saturated rings. The Morgan fingerprint density at radius 2 is 2.29 bits per heavy atom. The van der Waals surface area contributed by atoms with Crippen molar-refractivity contribution in [3.63, 3.8) is 0 Å². The summed E-state index contributed by atoms with van der Waals surface area (Å²) in [7, 11) is 0. The summed E-state index contributed by atoms with van der Waals surface area (Å²) in [5.74, 6) is 1.18.